The van der Waals surface area contributed by atoms with Crippen LogP contribution in [0, 0.1) is 10.1 Å². The second kappa shape index (κ2) is 8.41. The summed E-state index contributed by atoms with van der Waals surface area (Å²) >= 11 is 3.25. The van der Waals surface area contributed by atoms with Gasteiger partial charge in [-0.15, -0.1) is 0 Å². The molecular weight excluding hydrogens is 382 g/mol. The summed E-state index contributed by atoms with van der Waals surface area (Å²) < 4.78 is 5.37. The molecule has 1 heterocycles. The molecular formula is C15H20BrN3O5. The summed E-state index contributed by atoms with van der Waals surface area (Å²) in [5.74, 6) is -0.0453. The van der Waals surface area contributed by atoms with Gasteiger partial charge in [0.1, 0.15) is 5.69 Å². The van der Waals surface area contributed by atoms with Crippen LogP contribution in [0.4, 0.5) is 11.4 Å². The number of benzene rings is 1. The lowest BCUT2D eigenvalue weighted by molar-refractivity contribution is -0.384. The molecule has 1 atom stereocenters. The highest BCUT2D eigenvalue weighted by molar-refractivity contribution is 9.10. The third kappa shape index (κ3) is 4.65. The molecule has 0 bridgehead atoms. The average molecular weight is 402 g/mol. The molecule has 9 heteroatoms. The number of aliphatic hydroxyl groups is 1. The van der Waals surface area contributed by atoms with Crippen LogP contribution < -0.4 is 4.90 Å². The summed E-state index contributed by atoms with van der Waals surface area (Å²) in [6.45, 7) is 2.05. The van der Waals surface area contributed by atoms with Crippen molar-refractivity contribution in [1.29, 1.82) is 0 Å². The number of carbonyl (C=O) groups excluding carboxylic acids is 1. The molecule has 0 aliphatic carbocycles. The molecule has 2 rings (SSSR count). The molecule has 1 fully saturated rings. The van der Waals surface area contributed by atoms with Gasteiger partial charge in [0.2, 0.25) is 5.91 Å². The molecule has 1 aromatic rings. The van der Waals surface area contributed by atoms with Crippen LogP contribution in [0.15, 0.2) is 22.7 Å². The standard InChI is InChI=1S/C15H20BrN3O5/c1-24-15(21)5-4-14(20)18-8-6-17(7-9-18)12-3-2-11(16)10-13(12)19(22)23/h2-3,10,15,21H,4-9H2,1H3. The number of hydrogen-bond acceptors (Lipinski definition) is 6. The van der Waals surface area contributed by atoms with E-state index in [0.717, 1.165) is 0 Å². The summed E-state index contributed by atoms with van der Waals surface area (Å²) in [4.78, 5) is 26.6. The van der Waals surface area contributed by atoms with Crippen LogP contribution in [0.5, 0.6) is 0 Å². The molecule has 8 nitrogen and oxygen atoms in total. The maximum atomic E-state index is 12.1. The number of nitro groups is 1. The van der Waals surface area contributed by atoms with Gasteiger partial charge in [0, 0.05) is 56.7 Å². The number of rotatable bonds is 6. The first-order valence-corrected chi connectivity index (χ1v) is 8.39. The van der Waals surface area contributed by atoms with Crippen molar-refractivity contribution in [2.75, 3.05) is 38.2 Å². The Balaban J connectivity index is 1.96. The van der Waals surface area contributed by atoms with Crippen molar-refractivity contribution in [2.45, 2.75) is 19.1 Å². The maximum Gasteiger partial charge on any atom is 0.293 e. The number of halogens is 1. The Hall–Kier alpha value is -1.71. The van der Waals surface area contributed by atoms with Gasteiger partial charge in [-0.25, -0.2) is 0 Å². The summed E-state index contributed by atoms with van der Waals surface area (Å²) in [6.07, 6.45) is -0.457. The quantitative estimate of drug-likeness (QED) is 0.443. The molecule has 1 aromatic carbocycles. The van der Waals surface area contributed by atoms with E-state index in [1.807, 2.05) is 4.90 Å². The molecule has 132 valence electrons. The summed E-state index contributed by atoms with van der Waals surface area (Å²) in [5.41, 5.74) is 0.609. The van der Waals surface area contributed by atoms with Gasteiger partial charge in [-0.2, -0.15) is 0 Å². The number of methoxy groups -OCH3 is 1. The minimum Gasteiger partial charge on any atom is -0.368 e. The second-order valence-electron chi connectivity index (χ2n) is 5.49. The van der Waals surface area contributed by atoms with E-state index in [1.54, 1.807) is 17.0 Å². The Morgan fingerprint density at radius 3 is 2.67 bits per heavy atom. The zero-order chi connectivity index (χ0) is 17.7. The number of nitro benzene ring substituents is 1. The van der Waals surface area contributed by atoms with Crippen LogP contribution in [0.25, 0.3) is 0 Å². The van der Waals surface area contributed by atoms with Crippen molar-refractivity contribution in [3.05, 3.63) is 32.8 Å². The number of hydrogen-bond donors (Lipinski definition) is 1. The van der Waals surface area contributed by atoms with Crippen LogP contribution in [0.2, 0.25) is 0 Å². The molecule has 0 saturated carbocycles. The lowest BCUT2D eigenvalue weighted by Gasteiger charge is -2.36. The van der Waals surface area contributed by atoms with Gasteiger partial charge in [0.15, 0.2) is 6.29 Å². The zero-order valence-electron chi connectivity index (χ0n) is 13.4. The number of anilines is 1. The van der Waals surface area contributed by atoms with Gasteiger partial charge < -0.3 is 19.6 Å². The largest absolute Gasteiger partial charge is 0.368 e. The van der Waals surface area contributed by atoms with Crippen molar-refractivity contribution in [1.82, 2.24) is 4.90 Å². The minimum absolute atomic E-state index is 0.0453. The van der Waals surface area contributed by atoms with Crippen molar-refractivity contribution in [2.24, 2.45) is 0 Å². The molecule has 1 saturated heterocycles. The van der Waals surface area contributed by atoms with Gasteiger partial charge in [-0.1, -0.05) is 15.9 Å². The number of amides is 1. The van der Waals surface area contributed by atoms with E-state index in [0.29, 0.717) is 36.3 Å². The van der Waals surface area contributed by atoms with Gasteiger partial charge in [0.25, 0.3) is 5.69 Å². The lowest BCUT2D eigenvalue weighted by atomic mass is 10.2. The van der Waals surface area contributed by atoms with Gasteiger partial charge in [-0.05, 0) is 12.1 Å². The van der Waals surface area contributed by atoms with Crippen LogP contribution in [0.1, 0.15) is 12.8 Å². The summed E-state index contributed by atoms with van der Waals surface area (Å²) in [5, 5.41) is 20.6. The first-order valence-electron chi connectivity index (χ1n) is 7.60. The molecule has 0 radical (unpaired) electrons. The summed E-state index contributed by atoms with van der Waals surface area (Å²) in [6, 6.07) is 4.97. The van der Waals surface area contributed by atoms with E-state index < -0.39 is 11.2 Å². The lowest BCUT2D eigenvalue weighted by Crippen LogP contribution is -2.49. The van der Waals surface area contributed by atoms with Crippen LogP contribution in [-0.4, -0.2) is 60.4 Å². The maximum absolute atomic E-state index is 12.1. The monoisotopic (exact) mass is 401 g/mol. The molecule has 0 spiro atoms. The predicted molar refractivity (Wildman–Crippen MR) is 91.8 cm³/mol. The third-order valence-electron chi connectivity index (χ3n) is 3.98. The Bertz CT molecular complexity index is 605. The minimum atomic E-state index is -0.930. The fraction of sp³-hybridized carbons (Fsp3) is 0.533. The van der Waals surface area contributed by atoms with Crippen LogP contribution in [-0.2, 0) is 9.53 Å². The van der Waals surface area contributed by atoms with E-state index in [1.165, 1.54) is 13.2 Å². The number of carbonyl (C=O) groups is 1. The highest BCUT2D eigenvalue weighted by atomic mass is 79.9. The van der Waals surface area contributed by atoms with Crippen molar-refractivity contribution in [3.8, 4) is 0 Å². The molecule has 1 amide bonds. The van der Waals surface area contributed by atoms with Crippen molar-refractivity contribution >= 4 is 33.2 Å². The number of ether oxygens (including phenoxy) is 1. The molecule has 1 aliphatic heterocycles. The van der Waals surface area contributed by atoms with Gasteiger partial charge >= 0.3 is 0 Å². The Kier molecular flexibility index (Phi) is 6.52. The smallest absolute Gasteiger partial charge is 0.293 e. The number of aliphatic hydroxyl groups excluding tert-OH is 1. The number of nitrogens with zero attached hydrogens (tertiary/aromatic N) is 3. The average Bonchev–Trinajstić information content (AvgIpc) is 2.59. The third-order valence-corrected chi connectivity index (χ3v) is 4.48. The highest BCUT2D eigenvalue weighted by Crippen LogP contribution is 2.31. The topological polar surface area (TPSA) is 96.2 Å². The van der Waals surface area contributed by atoms with Crippen molar-refractivity contribution < 1.29 is 19.6 Å². The highest BCUT2D eigenvalue weighted by Gasteiger charge is 2.26. The zero-order valence-corrected chi connectivity index (χ0v) is 14.9. The van der Waals surface area contributed by atoms with Gasteiger partial charge in [0.05, 0.1) is 4.92 Å². The SMILES string of the molecule is COC(O)CCC(=O)N1CCN(c2ccc(Br)cc2[N+](=O)[O-])CC1. The van der Waals surface area contributed by atoms with Crippen LogP contribution >= 0.6 is 15.9 Å². The first kappa shape index (κ1) is 18.6. The molecule has 1 N–H and O–H groups in total. The van der Waals surface area contributed by atoms with E-state index in [4.69, 9.17) is 4.74 Å². The van der Waals surface area contributed by atoms with E-state index in [-0.39, 0.29) is 24.4 Å². The molecule has 0 aromatic heterocycles. The normalized spacial score (nSPS) is 16.1. The summed E-state index contributed by atoms with van der Waals surface area (Å²) in [7, 11) is 1.39. The van der Waals surface area contributed by atoms with Gasteiger partial charge in [-0.3, -0.25) is 14.9 Å². The van der Waals surface area contributed by atoms with Crippen LogP contribution in [0.3, 0.4) is 0 Å². The van der Waals surface area contributed by atoms with E-state index >= 15 is 0 Å². The first-order chi connectivity index (χ1) is 11.4. The molecule has 1 aliphatic rings. The Labute approximate surface area is 148 Å². The Morgan fingerprint density at radius 2 is 2.08 bits per heavy atom. The van der Waals surface area contributed by atoms with Crippen molar-refractivity contribution in [3.63, 3.8) is 0 Å². The molecule has 24 heavy (non-hydrogen) atoms. The fourth-order valence-electron chi connectivity index (χ4n) is 2.63. The fourth-order valence-corrected chi connectivity index (χ4v) is 2.98. The Morgan fingerprint density at radius 1 is 1.42 bits per heavy atom. The molecule has 1 unspecified atom stereocenters. The number of piperazine rings is 1. The van der Waals surface area contributed by atoms with E-state index in [9.17, 15) is 20.0 Å². The second-order valence-corrected chi connectivity index (χ2v) is 6.40. The van der Waals surface area contributed by atoms with E-state index in [2.05, 4.69) is 15.9 Å². The predicted octanol–water partition coefficient (Wildman–Crippen LogP) is 1.75.